The van der Waals surface area contributed by atoms with Crippen LogP contribution in [0.2, 0.25) is 5.02 Å². The third kappa shape index (κ3) is 2.33. The second-order valence-electron chi connectivity index (χ2n) is 4.82. The summed E-state index contributed by atoms with van der Waals surface area (Å²) in [5.41, 5.74) is 8.43. The van der Waals surface area contributed by atoms with Crippen LogP contribution in [0.3, 0.4) is 0 Å². The molecular weight excluding hydrogens is 304 g/mol. The lowest BCUT2D eigenvalue weighted by Crippen LogP contribution is -1.96. The van der Waals surface area contributed by atoms with Crippen molar-refractivity contribution in [2.24, 2.45) is 0 Å². The largest absolute Gasteiger partial charge is 0.368 e. The molecule has 0 fully saturated rings. The van der Waals surface area contributed by atoms with Gasteiger partial charge >= 0.3 is 0 Å². The Labute approximate surface area is 130 Å². The fourth-order valence-corrected chi connectivity index (χ4v) is 2.57. The van der Waals surface area contributed by atoms with Crippen molar-refractivity contribution in [2.45, 2.75) is 6.92 Å². The Balaban J connectivity index is 2.34. The summed E-state index contributed by atoms with van der Waals surface area (Å²) in [4.78, 5) is 18.8. The Hall–Kier alpha value is -2.73. The van der Waals surface area contributed by atoms with Gasteiger partial charge in [0.2, 0.25) is 5.95 Å². The summed E-state index contributed by atoms with van der Waals surface area (Å²) in [5.74, 6) is 0.179. The SMILES string of the molecule is Cc1c(Cl)cc([N+](=O)[O-])cc1-c1cccc2nc(N)ncc12. The summed E-state index contributed by atoms with van der Waals surface area (Å²) >= 11 is 6.13. The first-order chi connectivity index (χ1) is 10.5. The molecule has 22 heavy (non-hydrogen) atoms. The molecule has 1 aromatic heterocycles. The number of nitrogens with two attached hydrogens (primary N) is 1. The van der Waals surface area contributed by atoms with E-state index in [0.29, 0.717) is 16.1 Å². The molecule has 0 atom stereocenters. The average molecular weight is 315 g/mol. The van der Waals surface area contributed by atoms with Crippen LogP contribution in [0.25, 0.3) is 22.0 Å². The summed E-state index contributed by atoms with van der Waals surface area (Å²) in [5, 5.41) is 12.2. The second kappa shape index (κ2) is 5.23. The van der Waals surface area contributed by atoms with Crippen LogP contribution in [-0.4, -0.2) is 14.9 Å². The first kappa shape index (κ1) is 14.2. The smallest absolute Gasteiger partial charge is 0.271 e. The predicted molar refractivity (Wildman–Crippen MR) is 85.8 cm³/mol. The molecule has 110 valence electrons. The molecule has 0 unspecified atom stereocenters. The number of hydrogen-bond donors (Lipinski definition) is 1. The molecule has 1 heterocycles. The highest BCUT2D eigenvalue weighted by Crippen LogP contribution is 2.36. The number of anilines is 1. The third-order valence-corrected chi connectivity index (χ3v) is 3.87. The number of fused-ring (bicyclic) bond motifs is 1. The number of nitrogen functional groups attached to an aromatic ring is 1. The van der Waals surface area contributed by atoms with E-state index in [1.165, 1.54) is 12.1 Å². The number of aromatic nitrogens is 2. The predicted octanol–water partition coefficient (Wildman–Crippen LogP) is 3.75. The Morgan fingerprint density at radius 1 is 1.27 bits per heavy atom. The molecule has 0 aliphatic carbocycles. The standard InChI is InChI=1S/C15H11ClN4O2/c1-8-11(5-9(20(21)22)6-13(8)16)10-3-2-4-14-12(10)7-18-15(17)19-14/h2-7H,1H3,(H2,17,18,19). The molecule has 0 spiro atoms. The number of nitro benzene ring substituents is 1. The average Bonchev–Trinajstić information content (AvgIpc) is 2.48. The minimum absolute atomic E-state index is 0.0565. The van der Waals surface area contributed by atoms with E-state index in [1.54, 1.807) is 6.20 Å². The van der Waals surface area contributed by atoms with Gasteiger partial charge in [-0.3, -0.25) is 10.1 Å². The van der Waals surface area contributed by atoms with Gasteiger partial charge in [0.05, 0.1) is 15.5 Å². The van der Waals surface area contributed by atoms with Crippen molar-refractivity contribution in [3.8, 4) is 11.1 Å². The van der Waals surface area contributed by atoms with Gasteiger partial charge in [0.25, 0.3) is 5.69 Å². The van der Waals surface area contributed by atoms with Crippen molar-refractivity contribution in [3.63, 3.8) is 0 Å². The first-order valence-electron chi connectivity index (χ1n) is 6.43. The Bertz CT molecular complexity index is 911. The fourth-order valence-electron chi connectivity index (χ4n) is 2.35. The minimum atomic E-state index is -0.464. The Morgan fingerprint density at radius 3 is 2.77 bits per heavy atom. The third-order valence-electron chi connectivity index (χ3n) is 3.47. The molecule has 0 aliphatic rings. The van der Waals surface area contributed by atoms with Gasteiger partial charge in [-0.15, -0.1) is 0 Å². The Kier molecular flexibility index (Phi) is 3.38. The first-order valence-corrected chi connectivity index (χ1v) is 6.81. The molecule has 3 rings (SSSR count). The topological polar surface area (TPSA) is 94.9 Å². The van der Waals surface area contributed by atoms with E-state index >= 15 is 0 Å². The molecular formula is C15H11ClN4O2. The second-order valence-corrected chi connectivity index (χ2v) is 5.23. The maximum Gasteiger partial charge on any atom is 0.271 e. The van der Waals surface area contributed by atoms with Crippen molar-refractivity contribution in [1.82, 2.24) is 9.97 Å². The number of nitro groups is 1. The molecule has 3 aromatic rings. The van der Waals surface area contributed by atoms with Crippen LogP contribution < -0.4 is 5.73 Å². The maximum absolute atomic E-state index is 11.1. The van der Waals surface area contributed by atoms with Crippen LogP contribution in [0.5, 0.6) is 0 Å². The van der Waals surface area contributed by atoms with E-state index in [1.807, 2.05) is 25.1 Å². The summed E-state index contributed by atoms with van der Waals surface area (Å²) in [6.07, 6.45) is 1.61. The molecule has 6 nitrogen and oxygen atoms in total. The monoisotopic (exact) mass is 314 g/mol. The highest BCUT2D eigenvalue weighted by molar-refractivity contribution is 6.32. The molecule has 2 aromatic carbocycles. The van der Waals surface area contributed by atoms with E-state index in [0.717, 1.165) is 16.5 Å². The van der Waals surface area contributed by atoms with Crippen LogP contribution >= 0.6 is 11.6 Å². The van der Waals surface area contributed by atoms with Crippen LogP contribution in [0.15, 0.2) is 36.5 Å². The van der Waals surface area contributed by atoms with Crippen molar-refractivity contribution in [2.75, 3.05) is 5.73 Å². The van der Waals surface area contributed by atoms with E-state index in [4.69, 9.17) is 17.3 Å². The zero-order valence-electron chi connectivity index (χ0n) is 11.6. The number of hydrogen-bond acceptors (Lipinski definition) is 5. The zero-order valence-corrected chi connectivity index (χ0v) is 12.3. The van der Waals surface area contributed by atoms with E-state index in [-0.39, 0.29) is 11.6 Å². The van der Waals surface area contributed by atoms with Gasteiger partial charge in [0.15, 0.2) is 0 Å². The van der Waals surface area contributed by atoms with Gasteiger partial charge in [-0.2, -0.15) is 0 Å². The molecule has 7 heteroatoms. The summed E-state index contributed by atoms with van der Waals surface area (Å²) in [6, 6.07) is 8.33. The lowest BCUT2D eigenvalue weighted by Gasteiger charge is -2.10. The number of halogens is 1. The van der Waals surface area contributed by atoms with E-state index < -0.39 is 4.92 Å². The van der Waals surface area contributed by atoms with Gasteiger partial charge in [0, 0.05) is 23.7 Å². The lowest BCUT2D eigenvalue weighted by molar-refractivity contribution is -0.384. The van der Waals surface area contributed by atoms with Gasteiger partial charge in [-0.25, -0.2) is 9.97 Å². The Morgan fingerprint density at radius 2 is 2.05 bits per heavy atom. The van der Waals surface area contributed by atoms with Crippen molar-refractivity contribution in [3.05, 3.63) is 57.2 Å². The summed E-state index contributed by atoms with van der Waals surface area (Å²) in [6.45, 7) is 1.82. The molecule has 2 N–H and O–H groups in total. The highest BCUT2D eigenvalue weighted by Gasteiger charge is 2.16. The fraction of sp³-hybridized carbons (Fsp3) is 0.0667. The number of benzene rings is 2. The van der Waals surface area contributed by atoms with E-state index in [2.05, 4.69) is 9.97 Å². The molecule has 0 saturated heterocycles. The van der Waals surface area contributed by atoms with Crippen LogP contribution in [0, 0.1) is 17.0 Å². The molecule has 0 saturated carbocycles. The van der Waals surface area contributed by atoms with Gasteiger partial charge in [0.1, 0.15) is 0 Å². The maximum atomic E-state index is 11.1. The number of non-ortho nitro benzene ring substituents is 1. The minimum Gasteiger partial charge on any atom is -0.368 e. The van der Waals surface area contributed by atoms with Crippen molar-refractivity contribution >= 4 is 34.1 Å². The number of rotatable bonds is 2. The highest BCUT2D eigenvalue weighted by atomic mass is 35.5. The van der Waals surface area contributed by atoms with Crippen LogP contribution in [-0.2, 0) is 0 Å². The van der Waals surface area contributed by atoms with Gasteiger partial charge < -0.3 is 5.73 Å². The molecule has 0 bridgehead atoms. The normalized spacial score (nSPS) is 10.8. The quantitative estimate of drug-likeness (QED) is 0.574. The van der Waals surface area contributed by atoms with Crippen LogP contribution in [0.1, 0.15) is 5.56 Å². The van der Waals surface area contributed by atoms with Crippen molar-refractivity contribution in [1.29, 1.82) is 0 Å². The molecule has 0 amide bonds. The van der Waals surface area contributed by atoms with Crippen LogP contribution in [0.4, 0.5) is 11.6 Å². The number of nitrogens with zero attached hydrogens (tertiary/aromatic N) is 3. The van der Waals surface area contributed by atoms with Gasteiger partial charge in [-0.1, -0.05) is 23.7 Å². The zero-order chi connectivity index (χ0) is 15.9. The van der Waals surface area contributed by atoms with Gasteiger partial charge in [-0.05, 0) is 29.7 Å². The molecule has 0 aliphatic heterocycles. The summed E-state index contributed by atoms with van der Waals surface area (Å²) < 4.78 is 0. The molecule has 0 radical (unpaired) electrons. The lowest BCUT2D eigenvalue weighted by atomic mass is 9.97. The van der Waals surface area contributed by atoms with E-state index in [9.17, 15) is 10.1 Å². The summed E-state index contributed by atoms with van der Waals surface area (Å²) in [7, 11) is 0. The van der Waals surface area contributed by atoms with Crippen molar-refractivity contribution < 1.29 is 4.92 Å².